The molecule has 0 bridgehead atoms. The highest BCUT2D eigenvalue weighted by Crippen LogP contribution is 2.20. The molecule has 1 fully saturated rings. The topological polar surface area (TPSA) is 54.8 Å². The number of nitrogens with zero attached hydrogens (tertiary/aromatic N) is 2. The van der Waals surface area contributed by atoms with Crippen LogP contribution < -0.4 is 9.47 Å². The molecule has 112 valence electrons. The van der Waals surface area contributed by atoms with E-state index < -0.39 is 0 Å². The fraction of sp³-hybridized carbons (Fsp3) is 0.667. The number of likely N-dealkylation sites (tertiary alicyclic amines) is 1. The van der Waals surface area contributed by atoms with Crippen molar-refractivity contribution in [2.24, 2.45) is 0 Å². The molecule has 0 amide bonds. The van der Waals surface area contributed by atoms with Gasteiger partial charge in [0.2, 0.25) is 5.88 Å². The van der Waals surface area contributed by atoms with Crippen LogP contribution in [0, 0.1) is 0 Å². The molecule has 2 heterocycles. The summed E-state index contributed by atoms with van der Waals surface area (Å²) in [6.45, 7) is 6.91. The Morgan fingerprint density at radius 2 is 2.10 bits per heavy atom. The van der Waals surface area contributed by atoms with Crippen molar-refractivity contribution < 1.29 is 14.6 Å². The van der Waals surface area contributed by atoms with Gasteiger partial charge in [-0.05, 0) is 32.8 Å². The number of hydrogen-bond donors (Lipinski definition) is 1. The van der Waals surface area contributed by atoms with Gasteiger partial charge in [-0.1, -0.05) is 0 Å². The Balaban J connectivity index is 1.79. The lowest BCUT2D eigenvalue weighted by Gasteiger charge is -2.34. The minimum absolute atomic E-state index is 0.00560. The minimum atomic E-state index is -0.00560. The Bertz CT molecular complexity index is 387. The molecule has 1 aliphatic rings. The van der Waals surface area contributed by atoms with Crippen LogP contribution in [0.2, 0.25) is 0 Å². The Morgan fingerprint density at radius 3 is 2.65 bits per heavy atom. The van der Waals surface area contributed by atoms with E-state index in [4.69, 9.17) is 14.6 Å². The van der Waals surface area contributed by atoms with Gasteiger partial charge in [0, 0.05) is 25.2 Å². The molecule has 1 aromatic rings. The van der Waals surface area contributed by atoms with E-state index >= 15 is 0 Å². The zero-order valence-corrected chi connectivity index (χ0v) is 12.3. The second-order valence-corrected chi connectivity index (χ2v) is 5.35. The van der Waals surface area contributed by atoms with Crippen LogP contribution >= 0.6 is 0 Å². The van der Waals surface area contributed by atoms with E-state index in [1.54, 1.807) is 12.3 Å². The third kappa shape index (κ3) is 4.35. The van der Waals surface area contributed by atoms with Gasteiger partial charge >= 0.3 is 0 Å². The molecule has 0 unspecified atom stereocenters. The maximum atomic E-state index is 8.68. The van der Waals surface area contributed by atoms with Gasteiger partial charge in [-0.3, -0.25) is 0 Å². The van der Waals surface area contributed by atoms with E-state index in [2.05, 4.69) is 23.7 Å². The van der Waals surface area contributed by atoms with Gasteiger partial charge in [0.25, 0.3) is 0 Å². The van der Waals surface area contributed by atoms with Crippen molar-refractivity contribution in [3.8, 4) is 11.6 Å². The first-order valence-electron chi connectivity index (χ1n) is 7.29. The van der Waals surface area contributed by atoms with E-state index in [1.165, 1.54) is 0 Å². The SMILES string of the molecule is CC(C)N1CCC(Oc2ccc(OCCO)nc2)CC1. The van der Waals surface area contributed by atoms with Crippen LogP contribution in [0.25, 0.3) is 0 Å². The summed E-state index contributed by atoms with van der Waals surface area (Å²) in [4.78, 5) is 6.63. The summed E-state index contributed by atoms with van der Waals surface area (Å²) in [5.74, 6) is 1.30. The second kappa shape index (κ2) is 7.45. The van der Waals surface area contributed by atoms with Crippen LogP contribution in [0.4, 0.5) is 0 Å². The molecule has 1 aliphatic heterocycles. The first-order valence-corrected chi connectivity index (χ1v) is 7.29. The summed E-state index contributed by atoms with van der Waals surface area (Å²) in [5.41, 5.74) is 0. The van der Waals surface area contributed by atoms with Gasteiger partial charge in [-0.15, -0.1) is 0 Å². The van der Waals surface area contributed by atoms with Crippen LogP contribution in [0.5, 0.6) is 11.6 Å². The van der Waals surface area contributed by atoms with E-state index in [9.17, 15) is 0 Å². The molecule has 0 aliphatic carbocycles. The molecule has 0 atom stereocenters. The first kappa shape index (κ1) is 15.1. The Morgan fingerprint density at radius 1 is 1.35 bits per heavy atom. The van der Waals surface area contributed by atoms with Crippen molar-refractivity contribution in [3.05, 3.63) is 18.3 Å². The van der Waals surface area contributed by atoms with E-state index in [1.807, 2.05) is 6.07 Å². The molecule has 5 nitrogen and oxygen atoms in total. The highest BCUT2D eigenvalue weighted by Gasteiger charge is 2.21. The molecule has 5 heteroatoms. The fourth-order valence-electron chi connectivity index (χ4n) is 2.37. The van der Waals surface area contributed by atoms with E-state index in [0.717, 1.165) is 31.7 Å². The largest absolute Gasteiger partial charge is 0.489 e. The molecular weight excluding hydrogens is 256 g/mol. The average molecular weight is 280 g/mol. The highest BCUT2D eigenvalue weighted by atomic mass is 16.5. The predicted molar refractivity (Wildman–Crippen MR) is 77.2 cm³/mol. The Labute approximate surface area is 120 Å². The molecule has 0 radical (unpaired) electrons. The number of aliphatic hydroxyl groups is 1. The van der Waals surface area contributed by atoms with Crippen molar-refractivity contribution in [2.45, 2.75) is 38.8 Å². The number of piperidine rings is 1. The molecule has 0 spiro atoms. The van der Waals surface area contributed by atoms with Gasteiger partial charge in [0.15, 0.2) is 0 Å². The molecule has 0 aromatic carbocycles. The number of hydrogen-bond acceptors (Lipinski definition) is 5. The zero-order valence-electron chi connectivity index (χ0n) is 12.3. The van der Waals surface area contributed by atoms with Gasteiger partial charge in [-0.2, -0.15) is 0 Å². The van der Waals surface area contributed by atoms with Crippen LogP contribution in [-0.2, 0) is 0 Å². The third-order valence-electron chi connectivity index (χ3n) is 3.56. The molecule has 1 N–H and O–H groups in total. The monoisotopic (exact) mass is 280 g/mol. The number of aliphatic hydroxyl groups excluding tert-OH is 1. The fourth-order valence-corrected chi connectivity index (χ4v) is 2.37. The first-order chi connectivity index (χ1) is 9.69. The van der Waals surface area contributed by atoms with Crippen molar-refractivity contribution in [1.82, 2.24) is 9.88 Å². The lowest BCUT2D eigenvalue weighted by atomic mass is 10.1. The van der Waals surface area contributed by atoms with Crippen LogP contribution in [-0.4, -0.2) is 53.4 Å². The van der Waals surface area contributed by atoms with Gasteiger partial charge in [0.05, 0.1) is 12.8 Å². The zero-order chi connectivity index (χ0) is 14.4. The minimum Gasteiger partial charge on any atom is -0.489 e. The van der Waals surface area contributed by atoms with Gasteiger partial charge in [0.1, 0.15) is 18.5 Å². The lowest BCUT2D eigenvalue weighted by Crippen LogP contribution is -2.41. The van der Waals surface area contributed by atoms with Crippen LogP contribution in [0.1, 0.15) is 26.7 Å². The van der Waals surface area contributed by atoms with Crippen LogP contribution in [0.15, 0.2) is 18.3 Å². The Hall–Kier alpha value is -1.33. The number of rotatable bonds is 6. The molecule has 0 saturated carbocycles. The van der Waals surface area contributed by atoms with Crippen LogP contribution in [0.3, 0.4) is 0 Å². The maximum Gasteiger partial charge on any atom is 0.213 e. The second-order valence-electron chi connectivity index (χ2n) is 5.35. The van der Waals surface area contributed by atoms with Crippen molar-refractivity contribution in [3.63, 3.8) is 0 Å². The van der Waals surface area contributed by atoms with Gasteiger partial charge in [-0.25, -0.2) is 4.98 Å². The predicted octanol–water partition coefficient (Wildman–Crippen LogP) is 1.70. The van der Waals surface area contributed by atoms with Gasteiger partial charge < -0.3 is 19.5 Å². The summed E-state index contributed by atoms with van der Waals surface area (Å²) >= 11 is 0. The number of ether oxygens (including phenoxy) is 2. The summed E-state index contributed by atoms with van der Waals surface area (Å²) in [5, 5.41) is 8.68. The summed E-state index contributed by atoms with van der Waals surface area (Å²) in [6, 6.07) is 4.25. The average Bonchev–Trinajstić information content (AvgIpc) is 2.47. The maximum absolute atomic E-state index is 8.68. The van der Waals surface area contributed by atoms with Crippen molar-refractivity contribution >= 4 is 0 Å². The van der Waals surface area contributed by atoms with Crippen molar-refractivity contribution in [2.75, 3.05) is 26.3 Å². The summed E-state index contributed by atoms with van der Waals surface area (Å²) < 4.78 is 11.2. The molecule has 20 heavy (non-hydrogen) atoms. The normalized spacial score (nSPS) is 17.4. The smallest absolute Gasteiger partial charge is 0.213 e. The Kier molecular flexibility index (Phi) is 5.61. The molecule has 2 rings (SSSR count). The van der Waals surface area contributed by atoms with E-state index in [-0.39, 0.29) is 19.3 Å². The van der Waals surface area contributed by atoms with E-state index in [0.29, 0.717) is 11.9 Å². The summed E-state index contributed by atoms with van der Waals surface area (Å²) in [6.07, 6.45) is 4.07. The summed E-state index contributed by atoms with van der Waals surface area (Å²) in [7, 11) is 0. The highest BCUT2D eigenvalue weighted by molar-refractivity contribution is 5.23. The molecule has 1 aromatic heterocycles. The molecular formula is C15H24N2O3. The lowest BCUT2D eigenvalue weighted by molar-refractivity contribution is 0.0839. The standard InChI is InChI=1S/C15H24N2O3/c1-12(2)17-7-5-13(6-8-17)20-14-3-4-15(16-11-14)19-10-9-18/h3-4,11-13,18H,5-10H2,1-2H3. The number of pyridine rings is 1. The van der Waals surface area contributed by atoms with Crippen molar-refractivity contribution in [1.29, 1.82) is 0 Å². The number of aromatic nitrogens is 1. The molecule has 1 saturated heterocycles. The third-order valence-corrected chi connectivity index (χ3v) is 3.56. The quantitative estimate of drug-likeness (QED) is 0.859.